The molecule has 3 nitrogen and oxygen atoms in total. The molecule has 0 amide bonds. The van der Waals surface area contributed by atoms with E-state index in [1.807, 2.05) is 0 Å². The monoisotopic (exact) mass is 694 g/mol. The molecule has 3 rings (SSSR count). The van der Waals surface area contributed by atoms with Crippen molar-refractivity contribution in [3.05, 3.63) is 108 Å². The Balaban J connectivity index is 0.000000358. The zero-order chi connectivity index (χ0) is 21.0. The van der Waals surface area contributed by atoms with Gasteiger partial charge in [-0.15, -0.1) is 0 Å². The van der Waals surface area contributed by atoms with E-state index in [4.69, 9.17) is 14.7 Å². The van der Waals surface area contributed by atoms with Crippen LogP contribution in [-0.2, 0) is 89.2 Å². The molecule has 0 heterocycles. The third-order valence-corrected chi connectivity index (χ3v) is 8.34. The van der Waals surface area contributed by atoms with Crippen LogP contribution in [0.4, 0.5) is 0 Å². The van der Waals surface area contributed by atoms with Gasteiger partial charge in [0.2, 0.25) is 0 Å². The summed E-state index contributed by atoms with van der Waals surface area (Å²) in [6.07, 6.45) is 0. The van der Waals surface area contributed by atoms with Gasteiger partial charge in [0.05, 0.1) is 0 Å². The maximum atomic E-state index is 8.48. The van der Waals surface area contributed by atoms with E-state index < -0.39 is 8.60 Å². The van der Waals surface area contributed by atoms with Crippen molar-refractivity contribution >= 4 is 8.60 Å². The smallest absolute Gasteiger partial charge is 0.438 e. The van der Waals surface area contributed by atoms with Crippen LogP contribution in [-0.4, -0.2) is 0 Å². The van der Waals surface area contributed by atoms with Gasteiger partial charge in [-0.2, -0.15) is 0 Å². The third-order valence-electron chi connectivity index (χ3n) is 3.39. The minimum absolute atomic E-state index is 1.08. The number of hydrogen-bond acceptors (Lipinski definition) is 3. The van der Waals surface area contributed by atoms with Crippen LogP contribution in [0.3, 0.4) is 0 Å². The van der Waals surface area contributed by atoms with Crippen LogP contribution in [0.5, 0.6) is 0 Å². The van der Waals surface area contributed by atoms with Gasteiger partial charge in [-0.1, -0.05) is 0 Å². The van der Waals surface area contributed by atoms with Crippen LogP contribution in [0.25, 0.3) is 0 Å². The fraction of sp³-hybridized carbons (Fsp3) is 0.143. The van der Waals surface area contributed by atoms with Crippen molar-refractivity contribution in [2.24, 2.45) is 0 Å². The number of hydrogen-bond donors (Lipinski definition) is 0. The van der Waals surface area contributed by atoms with Gasteiger partial charge in [-0.05, 0) is 0 Å². The number of rotatable bonds is 3. The van der Waals surface area contributed by atoms with Gasteiger partial charge in [-0.3, -0.25) is 0 Å². The Morgan fingerprint density at radius 2 is 0.643 bits per heavy atom. The maximum Gasteiger partial charge on any atom is -0.438 e. The second-order valence-corrected chi connectivity index (χ2v) is 10.2. The summed E-state index contributed by atoms with van der Waals surface area (Å²) in [5.74, 6) is 0. The van der Waals surface area contributed by atoms with Crippen LogP contribution >= 0.6 is 8.60 Å². The van der Waals surface area contributed by atoms with Gasteiger partial charge in [0, 0.05) is 0 Å². The van der Waals surface area contributed by atoms with E-state index in [0.29, 0.717) is 0 Å². The molecule has 0 N–H and O–H groups in total. The van der Waals surface area contributed by atoms with Crippen molar-refractivity contribution in [2.45, 2.75) is 11.9 Å². The molecule has 0 aliphatic carbocycles. The summed E-state index contributed by atoms with van der Waals surface area (Å²) in [5, 5.41) is 0. The molecule has 3 aromatic rings. The Bertz CT molecular complexity index is 590. The quantitative estimate of drug-likeness (QED) is 0.314. The topological polar surface area (TPSA) is 69.2 Å². The molecule has 0 unspecified atom stereocenters. The summed E-state index contributed by atoms with van der Waals surface area (Å²) in [7, 11) is -3.37. The van der Waals surface area contributed by atoms with Crippen molar-refractivity contribution in [2.75, 3.05) is 0 Å². The van der Waals surface area contributed by atoms with Gasteiger partial charge >= 0.3 is 197 Å². The van der Waals surface area contributed by atoms with E-state index in [1.54, 1.807) is 0 Å². The van der Waals surface area contributed by atoms with E-state index >= 15 is 0 Å². The van der Waals surface area contributed by atoms with E-state index in [-0.39, 0.29) is 0 Å². The summed E-state index contributed by atoms with van der Waals surface area (Å²) in [6, 6.07) is 31.8. The van der Waals surface area contributed by atoms with E-state index in [9.17, 15) is 0 Å². The van der Waals surface area contributed by atoms with Crippen LogP contribution in [0.1, 0.15) is 16.7 Å². The van der Waals surface area contributed by atoms with Gasteiger partial charge < -0.3 is 23.3 Å². The molecule has 0 bridgehead atoms. The molecule has 0 atom stereocenters. The normalized spacial score (nSPS) is 9.21. The second kappa shape index (κ2) is 21.0. The molecule has 0 spiro atoms. The fourth-order valence-electron chi connectivity index (χ4n) is 1.93. The Morgan fingerprint density at radius 3 is 0.750 bits per heavy atom. The van der Waals surface area contributed by atoms with Crippen molar-refractivity contribution in [1.82, 2.24) is 0 Å². The van der Waals surface area contributed by atoms with Crippen molar-refractivity contribution in [3.63, 3.8) is 0 Å². The van der Waals surface area contributed by atoms with Crippen molar-refractivity contribution in [3.8, 4) is 0 Å². The molecule has 134 valence electrons. The Morgan fingerprint density at radius 1 is 0.464 bits per heavy atom. The number of benzene rings is 3. The van der Waals surface area contributed by atoms with Crippen LogP contribution < -0.4 is 14.7 Å². The molecular formula is C21H21Cd3O3P. The Kier molecular flexibility index (Phi) is 21.5. The first-order chi connectivity index (χ1) is 13.5. The molecule has 28 heavy (non-hydrogen) atoms. The molecule has 0 aliphatic heterocycles. The summed E-state index contributed by atoms with van der Waals surface area (Å²) >= 11 is 3.23. The summed E-state index contributed by atoms with van der Waals surface area (Å²) in [5.41, 5.74) is 4.46. The van der Waals surface area contributed by atoms with Gasteiger partial charge in [0.1, 0.15) is 0 Å². The second-order valence-electron chi connectivity index (χ2n) is 5.43. The van der Waals surface area contributed by atoms with Gasteiger partial charge in [0.15, 0.2) is 0 Å². The molecular weight excluding hydrogens is 668 g/mol. The van der Waals surface area contributed by atoms with Crippen molar-refractivity contribution < 1.29 is 92.0 Å². The first-order valence-corrected chi connectivity index (χ1v) is 18.5. The molecule has 0 saturated heterocycles. The third kappa shape index (κ3) is 18.7. The standard InChI is InChI=1S/3C7H7.3Cd.O3P/c3*1-7-5-3-2-4-6-7;;;;1-4(2)3/h3*2-6H,1H2;;;;/q;;;3*+1;-3. The van der Waals surface area contributed by atoms with E-state index in [2.05, 4.69) is 91.0 Å². The minimum atomic E-state index is -3.37. The molecule has 0 fully saturated rings. The first-order valence-electron chi connectivity index (χ1n) is 8.84. The van der Waals surface area contributed by atoms with Crippen LogP contribution in [0.2, 0.25) is 0 Å². The average Bonchev–Trinajstić information content (AvgIpc) is 2.76. The van der Waals surface area contributed by atoms with Gasteiger partial charge in [0.25, 0.3) is 0 Å². The molecule has 0 aromatic heterocycles. The summed E-state index contributed by atoms with van der Waals surface area (Å²) in [4.78, 5) is 25.4. The predicted octanol–water partition coefficient (Wildman–Crippen LogP) is 2.49. The molecule has 0 aliphatic rings. The largest absolute Gasteiger partial charge is 0.854 e. The molecule has 0 saturated carbocycles. The Labute approximate surface area is 217 Å². The van der Waals surface area contributed by atoms with E-state index in [1.165, 1.54) is 28.6 Å². The van der Waals surface area contributed by atoms with E-state index in [0.717, 1.165) is 77.3 Å². The fourth-order valence-corrected chi connectivity index (χ4v) is 4.79. The zero-order valence-corrected chi connectivity index (χ0v) is 29.1. The molecule has 3 aromatic carbocycles. The average molecular weight is 690 g/mol. The maximum absolute atomic E-state index is 8.48. The predicted molar refractivity (Wildman–Crippen MR) is 97.4 cm³/mol. The van der Waals surface area contributed by atoms with Crippen molar-refractivity contribution in [1.29, 1.82) is 0 Å². The van der Waals surface area contributed by atoms with Crippen LogP contribution in [0.15, 0.2) is 91.0 Å². The molecule has 0 radical (unpaired) electrons. The minimum Gasteiger partial charge on any atom is -0.854 e. The Hall–Kier alpha value is 0.736. The molecule has 7 heteroatoms. The summed E-state index contributed by atoms with van der Waals surface area (Å²) < 4.78 is 3.93. The summed E-state index contributed by atoms with van der Waals surface area (Å²) in [6.45, 7) is 0. The zero-order valence-electron chi connectivity index (χ0n) is 16.1. The first kappa shape index (κ1) is 28.7. The SMILES string of the molecule is [Cd+][CH2]c1ccccc1.[Cd+][CH2]c1ccccc1.[Cd+][CH2]c1ccccc1.[O-]P([O-])[O-]. The van der Waals surface area contributed by atoms with Crippen LogP contribution in [0, 0.1) is 0 Å². The van der Waals surface area contributed by atoms with Gasteiger partial charge in [-0.25, -0.2) is 0 Å².